The molecule has 0 spiro atoms. The van der Waals surface area contributed by atoms with E-state index in [1.54, 1.807) is 13.2 Å². The Morgan fingerprint density at radius 2 is 2.16 bits per heavy atom. The highest BCUT2D eigenvalue weighted by molar-refractivity contribution is 7.98. The quantitative estimate of drug-likeness (QED) is 0.663. The minimum absolute atomic E-state index is 0.236. The van der Waals surface area contributed by atoms with Crippen LogP contribution in [0.4, 0.5) is 5.82 Å². The van der Waals surface area contributed by atoms with E-state index in [0.29, 0.717) is 37.0 Å². The zero-order valence-electron chi connectivity index (χ0n) is 11.0. The van der Waals surface area contributed by atoms with Gasteiger partial charge in [-0.2, -0.15) is 4.98 Å². The average molecular weight is 283 g/mol. The van der Waals surface area contributed by atoms with E-state index in [-0.39, 0.29) is 5.92 Å². The number of carbonyl (C=O) groups is 1. The van der Waals surface area contributed by atoms with Gasteiger partial charge in [0, 0.05) is 19.2 Å². The molecule has 1 aromatic rings. The Hall–Kier alpha value is -1.50. The van der Waals surface area contributed by atoms with E-state index >= 15 is 0 Å². The monoisotopic (exact) mass is 283 g/mol. The largest absolute Gasteiger partial charge is 0.481 e. The molecule has 0 aromatic carbocycles. The van der Waals surface area contributed by atoms with Crippen molar-refractivity contribution < 1.29 is 14.6 Å². The summed E-state index contributed by atoms with van der Waals surface area (Å²) in [5.41, 5.74) is 0. The molecule has 6 nitrogen and oxygen atoms in total. The summed E-state index contributed by atoms with van der Waals surface area (Å²) >= 11 is 1.46. The van der Waals surface area contributed by atoms with E-state index in [1.807, 2.05) is 6.26 Å². The second-order valence-corrected chi connectivity index (χ2v) is 5.13. The third-order valence-corrected chi connectivity index (χ3v) is 3.78. The van der Waals surface area contributed by atoms with Gasteiger partial charge in [-0.3, -0.25) is 4.79 Å². The van der Waals surface area contributed by atoms with Crippen LogP contribution in [0.2, 0.25) is 0 Å². The molecule has 1 aliphatic rings. The van der Waals surface area contributed by atoms with Gasteiger partial charge in [0.1, 0.15) is 5.82 Å². The summed E-state index contributed by atoms with van der Waals surface area (Å²) in [5, 5.41) is 9.65. The van der Waals surface area contributed by atoms with Crippen molar-refractivity contribution in [1.82, 2.24) is 9.97 Å². The molecule has 1 fully saturated rings. The molecule has 2 rings (SSSR count). The number of aromatic nitrogens is 2. The van der Waals surface area contributed by atoms with Gasteiger partial charge in [-0.05, 0) is 19.1 Å². The van der Waals surface area contributed by atoms with Crippen LogP contribution in [-0.4, -0.2) is 47.5 Å². The first-order valence-corrected chi connectivity index (χ1v) is 7.31. The lowest BCUT2D eigenvalue weighted by Gasteiger charge is -2.31. The van der Waals surface area contributed by atoms with Crippen LogP contribution in [0.15, 0.2) is 11.2 Å². The predicted molar refractivity (Wildman–Crippen MR) is 72.9 cm³/mol. The molecule has 1 saturated heterocycles. The topological polar surface area (TPSA) is 75.5 Å². The summed E-state index contributed by atoms with van der Waals surface area (Å²) in [6.07, 6.45) is 3.21. The molecule has 0 amide bonds. The van der Waals surface area contributed by atoms with E-state index in [4.69, 9.17) is 9.84 Å². The molecule has 2 heterocycles. The molecule has 1 aromatic heterocycles. The fourth-order valence-electron chi connectivity index (χ4n) is 2.11. The summed E-state index contributed by atoms with van der Waals surface area (Å²) in [4.78, 5) is 21.7. The molecule has 0 saturated carbocycles. The Morgan fingerprint density at radius 1 is 1.47 bits per heavy atom. The normalized spacial score (nSPS) is 16.4. The number of carboxylic acids is 1. The third-order valence-electron chi connectivity index (χ3n) is 3.23. The van der Waals surface area contributed by atoms with Crippen LogP contribution in [-0.2, 0) is 4.79 Å². The van der Waals surface area contributed by atoms with Crippen molar-refractivity contribution in [2.24, 2.45) is 5.92 Å². The predicted octanol–water partition coefficient (Wildman–Crippen LogP) is 1.51. The fourth-order valence-corrected chi connectivity index (χ4v) is 2.47. The van der Waals surface area contributed by atoms with Crippen molar-refractivity contribution in [2.45, 2.75) is 18.0 Å². The standard InChI is InChI=1S/C12H17N3O3S/c1-18-10-7-9(13-12(14-10)19-2)15-5-3-8(4-6-15)11(16)17/h7-8H,3-6H2,1-2H3,(H,16,17). The van der Waals surface area contributed by atoms with Crippen molar-refractivity contribution in [2.75, 3.05) is 31.4 Å². The number of rotatable bonds is 4. The number of carboxylic acid groups (broad SMARTS) is 1. The summed E-state index contributed by atoms with van der Waals surface area (Å²) in [7, 11) is 1.58. The van der Waals surface area contributed by atoms with E-state index in [9.17, 15) is 4.79 Å². The SMILES string of the molecule is COc1cc(N2CCC(C(=O)O)CC2)nc(SC)n1. The first kappa shape index (κ1) is 13.9. The summed E-state index contributed by atoms with van der Waals surface area (Å²) in [6.45, 7) is 1.40. The van der Waals surface area contributed by atoms with Crippen LogP contribution in [0.1, 0.15) is 12.8 Å². The maximum Gasteiger partial charge on any atom is 0.306 e. The summed E-state index contributed by atoms with van der Waals surface area (Å²) < 4.78 is 5.16. The lowest BCUT2D eigenvalue weighted by Crippen LogP contribution is -2.36. The van der Waals surface area contributed by atoms with Crippen molar-refractivity contribution in [3.8, 4) is 5.88 Å². The Bertz CT molecular complexity index is 439. The first-order chi connectivity index (χ1) is 9.13. The van der Waals surface area contributed by atoms with Gasteiger partial charge < -0.3 is 14.7 Å². The van der Waals surface area contributed by atoms with Crippen LogP contribution in [0.3, 0.4) is 0 Å². The minimum atomic E-state index is -0.704. The number of hydrogen-bond acceptors (Lipinski definition) is 6. The van der Waals surface area contributed by atoms with E-state index in [2.05, 4.69) is 14.9 Å². The van der Waals surface area contributed by atoms with Crippen LogP contribution >= 0.6 is 11.8 Å². The molecule has 1 N–H and O–H groups in total. The summed E-state index contributed by atoms with van der Waals surface area (Å²) in [5.74, 6) is 0.402. The minimum Gasteiger partial charge on any atom is -0.481 e. The molecule has 0 aliphatic carbocycles. The van der Waals surface area contributed by atoms with Gasteiger partial charge >= 0.3 is 5.97 Å². The number of piperidine rings is 1. The Balaban J connectivity index is 2.12. The molecule has 0 radical (unpaired) electrons. The van der Waals surface area contributed by atoms with Gasteiger partial charge in [0.05, 0.1) is 13.0 Å². The number of aliphatic carboxylic acids is 1. The maximum atomic E-state index is 10.9. The molecular formula is C12H17N3O3S. The molecule has 104 valence electrons. The molecule has 0 unspecified atom stereocenters. The second-order valence-electron chi connectivity index (χ2n) is 4.35. The van der Waals surface area contributed by atoms with E-state index in [1.165, 1.54) is 11.8 Å². The Morgan fingerprint density at radius 3 is 2.68 bits per heavy atom. The molecule has 7 heteroatoms. The zero-order chi connectivity index (χ0) is 13.8. The smallest absolute Gasteiger partial charge is 0.306 e. The number of methoxy groups -OCH3 is 1. The van der Waals surface area contributed by atoms with Crippen molar-refractivity contribution in [3.05, 3.63) is 6.07 Å². The highest BCUT2D eigenvalue weighted by Crippen LogP contribution is 2.26. The van der Waals surface area contributed by atoms with E-state index in [0.717, 1.165) is 5.82 Å². The van der Waals surface area contributed by atoms with Gasteiger partial charge in [0.15, 0.2) is 5.16 Å². The van der Waals surface area contributed by atoms with Crippen LogP contribution in [0.25, 0.3) is 0 Å². The zero-order valence-corrected chi connectivity index (χ0v) is 11.8. The molecular weight excluding hydrogens is 266 g/mol. The highest BCUT2D eigenvalue weighted by Gasteiger charge is 2.25. The van der Waals surface area contributed by atoms with Crippen molar-refractivity contribution >= 4 is 23.5 Å². The number of ether oxygens (including phenoxy) is 1. The second kappa shape index (κ2) is 6.10. The van der Waals surface area contributed by atoms with Crippen LogP contribution in [0.5, 0.6) is 5.88 Å². The van der Waals surface area contributed by atoms with Gasteiger partial charge in [0.2, 0.25) is 5.88 Å². The number of anilines is 1. The van der Waals surface area contributed by atoms with Crippen LogP contribution < -0.4 is 9.64 Å². The van der Waals surface area contributed by atoms with Gasteiger partial charge in [0.25, 0.3) is 0 Å². The fraction of sp³-hybridized carbons (Fsp3) is 0.583. The van der Waals surface area contributed by atoms with Gasteiger partial charge in [-0.1, -0.05) is 11.8 Å². The molecule has 1 aliphatic heterocycles. The Kier molecular flexibility index (Phi) is 4.47. The molecule has 0 atom stereocenters. The highest BCUT2D eigenvalue weighted by atomic mass is 32.2. The molecule has 0 bridgehead atoms. The summed E-state index contributed by atoms with van der Waals surface area (Å²) in [6, 6.07) is 1.79. The van der Waals surface area contributed by atoms with Crippen molar-refractivity contribution in [3.63, 3.8) is 0 Å². The lowest BCUT2D eigenvalue weighted by atomic mass is 9.97. The average Bonchev–Trinajstić information content (AvgIpc) is 2.46. The molecule has 19 heavy (non-hydrogen) atoms. The van der Waals surface area contributed by atoms with Crippen LogP contribution in [0, 0.1) is 5.92 Å². The van der Waals surface area contributed by atoms with E-state index < -0.39 is 5.97 Å². The first-order valence-electron chi connectivity index (χ1n) is 6.09. The number of thioether (sulfide) groups is 1. The third kappa shape index (κ3) is 3.28. The number of hydrogen-bond donors (Lipinski definition) is 1. The Labute approximate surface area is 116 Å². The maximum absolute atomic E-state index is 10.9. The number of nitrogens with zero attached hydrogens (tertiary/aromatic N) is 3. The van der Waals surface area contributed by atoms with Crippen molar-refractivity contribution in [1.29, 1.82) is 0 Å². The lowest BCUT2D eigenvalue weighted by molar-refractivity contribution is -0.142. The van der Waals surface area contributed by atoms with Gasteiger partial charge in [-0.15, -0.1) is 0 Å². The van der Waals surface area contributed by atoms with Gasteiger partial charge in [-0.25, -0.2) is 4.98 Å².